The molecule has 1 saturated heterocycles. The summed E-state index contributed by atoms with van der Waals surface area (Å²) in [6, 6.07) is 13.1. The molecule has 0 amide bonds. The van der Waals surface area contributed by atoms with E-state index < -0.39 is 16.8 Å². The van der Waals surface area contributed by atoms with E-state index in [1.165, 1.54) is 36.8 Å². The molecule has 3 aromatic rings. The second-order valence-electron chi connectivity index (χ2n) is 9.33. The summed E-state index contributed by atoms with van der Waals surface area (Å²) in [5, 5.41) is 16.0. The fourth-order valence-corrected chi connectivity index (χ4v) is 6.16. The van der Waals surface area contributed by atoms with Crippen molar-refractivity contribution in [1.29, 1.82) is 0 Å². The van der Waals surface area contributed by atoms with Gasteiger partial charge in [-0.1, -0.05) is 18.2 Å². The van der Waals surface area contributed by atoms with Crippen LogP contribution in [-0.2, 0) is 16.0 Å². The molecule has 0 aliphatic carbocycles. The topological polar surface area (TPSA) is 101 Å². The normalized spacial score (nSPS) is 17.7. The minimum atomic E-state index is -0.663. The molecule has 2 aliphatic rings. The van der Waals surface area contributed by atoms with E-state index in [-0.39, 0.29) is 11.5 Å². The second-order valence-corrected chi connectivity index (χ2v) is 10.1. The Labute approximate surface area is 223 Å². The summed E-state index contributed by atoms with van der Waals surface area (Å²) in [4.78, 5) is 29.0. The number of anilines is 2. The zero-order chi connectivity index (χ0) is 26.8. The molecule has 5 rings (SSSR count). The first kappa shape index (κ1) is 25.8. The van der Waals surface area contributed by atoms with Crippen LogP contribution in [0, 0.1) is 15.9 Å². The molecule has 2 aromatic carbocycles. The van der Waals surface area contributed by atoms with Gasteiger partial charge in [0, 0.05) is 67.7 Å². The molecule has 1 fully saturated rings. The van der Waals surface area contributed by atoms with E-state index in [1.807, 2.05) is 0 Å². The first-order valence-corrected chi connectivity index (χ1v) is 13.2. The maximum atomic E-state index is 13.3. The minimum Gasteiger partial charge on any atom is -0.466 e. The van der Waals surface area contributed by atoms with E-state index in [2.05, 4.69) is 15.1 Å². The summed E-state index contributed by atoms with van der Waals surface area (Å²) >= 11 is 1.30. The fraction of sp³-hybridized carbons (Fsp3) is 0.333. The number of benzene rings is 2. The smallest absolute Gasteiger partial charge is 0.336 e. The number of hydrogen-bond donors (Lipinski definition) is 1. The predicted molar refractivity (Wildman–Crippen MR) is 144 cm³/mol. The zero-order valence-corrected chi connectivity index (χ0v) is 22.0. The van der Waals surface area contributed by atoms with E-state index in [1.54, 1.807) is 37.3 Å². The average molecular weight is 538 g/mol. The minimum absolute atomic E-state index is 0.0476. The van der Waals surface area contributed by atoms with E-state index in [4.69, 9.17) is 9.11 Å². The van der Waals surface area contributed by atoms with Crippen LogP contribution in [0.15, 0.2) is 59.8 Å². The number of carbonyl (C=O) groups excluding carboxylic acids is 1. The number of carbonyl (C=O) groups is 1. The van der Waals surface area contributed by atoms with E-state index in [9.17, 15) is 19.3 Å². The summed E-state index contributed by atoms with van der Waals surface area (Å²) in [6.45, 7) is 5.89. The number of allylic oxidation sites excluding steroid dienone is 1. The quantitative estimate of drug-likeness (QED) is 0.266. The number of fused-ring (bicyclic) bond motifs is 1. The van der Waals surface area contributed by atoms with Crippen LogP contribution in [-0.4, -0.2) is 60.0 Å². The summed E-state index contributed by atoms with van der Waals surface area (Å²) in [7, 11) is 1.31. The van der Waals surface area contributed by atoms with Crippen LogP contribution in [0.5, 0.6) is 0 Å². The summed E-state index contributed by atoms with van der Waals surface area (Å²) in [5.74, 6) is -1.43. The number of rotatable bonds is 7. The lowest BCUT2D eigenvalue weighted by Crippen LogP contribution is -2.47. The fourth-order valence-electron chi connectivity index (χ4n) is 5.23. The van der Waals surface area contributed by atoms with Crippen LogP contribution in [0.2, 0.25) is 0 Å². The monoisotopic (exact) mass is 537 g/mol. The number of para-hydroxylation sites is 1. The molecular formula is C27H28FN5O4S. The number of nitrogens with zero attached hydrogens (tertiary/aromatic N) is 4. The lowest BCUT2D eigenvalue weighted by Gasteiger charge is -2.36. The molecule has 38 heavy (non-hydrogen) atoms. The van der Waals surface area contributed by atoms with Crippen LogP contribution in [0.25, 0.3) is 0 Å². The molecule has 198 valence electrons. The highest BCUT2D eigenvalue weighted by molar-refractivity contribution is 7.10. The SMILES string of the molecule is COC(=O)C1=C(C)Nc2snc(CCN3CCN(c4ccc(F)cc4)CC3)c2C1c1ccccc1[N+](=O)[O-]. The van der Waals surface area contributed by atoms with Crippen LogP contribution in [0.3, 0.4) is 0 Å². The molecule has 9 nitrogen and oxygen atoms in total. The van der Waals surface area contributed by atoms with Gasteiger partial charge in [0.05, 0.1) is 29.2 Å². The maximum absolute atomic E-state index is 13.3. The van der Waals surface area contributed by atoms with Gasteiger partial charge in [0.25, 0.3) is 5.69 Å². The average Bonchev–Trinajstić information content (AvgIpc) is 3.33. The van der Waals surface area contributed by atoms with Gasteiger partial charge in [-0.2, -0.15) is 4.37 Å². The Morgan fingerprint density at radius 3 is 2.58 bits per heavy atom. The lowest BCUT2D eigenvalue weighted by molar-refractivity contribution is -0.385. The van der Waals surface area contributed by atoms with Gasteiger partial charge in [0.15, 0.2) is 0 Å². The molecule has 1 unspecified atom stereocenters. The standard InChI is InChI=1S/C27H28FN5O4S/c1-17-23(27(34)37-2)24(20-5-3-4-6-22(20)33(35)36)25-21(30-38-26(25)29-17)11-12-31-13-15-32(16-14-31)19-9-7-18(28)8-10-19/h3-10,24,29H,11-16H2,1-2H3. The van der Waals surface area contributed by atoms with Crippen LogP contribution < -0.4 is 10.2 Å². The number of nitro benzene ring substituents is 1. The van der Waals surface area contributed by atoms with Crippen molar-refractivity contribution in [3.8, 4) is 0 Å². The molecule has 2 aliphatic heterocycles. The highest BCUT2D eigenvalue weighted by Crippen LogP contribution is 2.48. The molecule has 0 radical (unpaired) electrons. The molecule has 1 aromatic heterocycles. The number of halogens is 1. The largest absolute Gasteiger partial charge is 0.466 e. The number of aromatic nitrogens is 1. The number of hydrogen-bond acceptors (Lipinski definition) is 9. The van der Waals surface area contributed by atoms with E-state index in [0.29, 0.717) is 23.3 Å². The van der Waals surface area contributed by atoms with Crippen molar-refractivity contribution in [2.75, 3.05) is 50.1 Å². The second kappa shape index (κ2) is 10.9. The van der Waals surface area contributed by atoms with Gasteiger partial charge in [-0.05, 0) is 42.7 Å². The summed E-state index contributed by atoms with van der Waals surface area (Å²) in [6.07, 6.45) is 0.634. The first-order chi connectivity index (χ1) is 18.4. The Morgan fingerprint density at radius 1 is 1.18 bits per heavy atom. The van der Waals surface area contributed by atoms with Gasteiger partial charge in [0.1, 0.15) is 10.8 Å². The Hall–Kier alpha value is -3.83. The third kappa shape index (κ3) is 4.99. The zero-order valence-electron chi connectivity index (χ0n) is 21.1. The number of nitro groups is 1. The number of nitrogens with one attached hydrogen (secondary N) is 1. The summed E-state index contributed by atoms with van der Waals surface area (Å²) in [5.41, 5.74) is 3.96. The van der Waals surface area contributed by atoms with Crippen molar-refractivity contribution in [3.63, 3.8) is 0 Å². The third-order valence-corrected chi connectivity index (χ3v) is 7.98. The third-order valence-electron chi connectivity index (χ3n) is 7.16. The lowest BCUT2D eigenvalue weighted by atomic mass is 9.80. The molecule has 1 atom stereocenters. The predicted octanol–water partition coefficient (Wildman–Crippen LogP) is 4.56. The number of piperazine rings is 1. The number of methoxy groups -OCH3 is 1. The number of esters is 1. The van der Waals surface area contributed by atoms with Crippen LogP contribution >= 0.6 is 11.5 Å². The molecule has 0 spiro atoms. The van der Waals surface area contributed by atoms with Gasteiger partial charge in [-0.3, -0.25) is 15.0 Å². The highest BCUT2D eigenvalue weighted by Gasteiger charge is 2.39. The van der Waals surface area contributed by atoms with Crippen molar-refractivity contribution < 1.29 is 18.8 Å². The maximum Gasteiger partial charge on any atom is 0.336 e. The highest BCUT2D eigenvalue weighted by atomic mass is 32.1. The molecule has 1 N–H and O–H groups in total. The van der Waals surface area contributed by atoms with Gasteiger partial charge in [-0.25, -0.2) is 9.18 Å². The Balaban J connectivity index is 1.39. The van der Waals surface area contributed by atoms with Crippen molar-refractivity contribution >= 4 is 33.9 Å². The molecule has 0 saturated carbocycles. The molecule has 0 bridgehead atoms. The van der Waals surface area contributed by atoms with E-state index in [0.717, 1.165) is 54.7 Å². The Kier molecular flexibility index (Phi) is 7.39. The van der Waals surface area contributed by atoms with Crippen LogP contribution in [0.1, 0.15) is 29.7 Å². The van der Waals surface area contributed by atoms with Crippen molar-refractivity contribution in [3.05, 3.63) is 92.6 Å². The van der Waals surface area contributed by atoms with Gasteiger partial charge in [-0.15, -0.1) is 0 Å². The Bertz CT molecular complexity index is 1380. The molecule has 11 heteroatoms. The molecular weight excluding hydrogens is 509 g/mol. The van der Waals surface area contributed by atoms with E-state index >= 15 is 0 Å². The Morgan fingerprint density at radius 2 is 1.89 bits per heavy atom. The summed E-state index contributed by atoms with van der Waals surface area (Å²) < 4.78 is 23.1. The van der Waals surface area contributed by atoms with Crippen molar-refractivity contribution in [2.24, 2.45) is 0 Å². The van der Waals surface area contributed by atoms with Gasteiger partial charge in [0.2, 0.25) is 0 Å². The number of ether oxygens (including phenoxy) is 1. The van der Waals surface area contributed by atoms with Gasteiger partial charge < -0.3 is 15.0 Å². The van der Waals surface area contributed by atoms with Gasteiger partial charge >= 0.3 is 5.97 Å². The van der Waals surface area contributed by atoms with Crippen molar-refractivity contribution in [2.45, 2.75) is 19.3 Å². The first-order valence-electron chi connectivity index (χ1n) is 12.4. The molecule has 3 heterocycles. The van der Waals surface area contributed by atoms with Crippen LogP contribution in [0.4, 0.5) is 20.8 Å². The van der Waals surface area contributed by atoms with Crippen molar-refractivity contribution in [1.82, 2.24) is 9.27 Å².